The van der Waals surface area contributed by atoms with Gasteiger partial charge in [-0.25, -0.2) is 0 Å². The first-order valence-electron chi connectivity index (χ1n) is 8.42. The lowest BCUT2D eigenvalue weighted by atomic mass is 10.0. The average molecular weight is 315 g/mol. The van der Waals surface area contributed by atoms with Gasteiger partial charge in [0.25, 0.3) is 0 Å². The Kier molecular flexibility index (Phi) is 4.16. The van der Waals surface area contributed by atoms with Crippen LogP contribution in [0.4, 0.5) is 0 Å². The number of benzene rings is 3. The Balaban J connectivity index is 1.60. The van der Waals surface area contributed by atoms with Gasteiger partial charge in [0.15, 0.2) is 0 Å². The van der Waals surface area contributed by atoms with Crippen LogP contribution in [0.5, 0.6) is 0 Å². The Morgan fingerprint density at radius 1 is 0.750 bits per heavy atom. The van der Waals surface area contributed by atoms with Crippen molar-refractivity contribution < 1.29 is 5.11 Å². The van der Waals surface area contributed by atoms with Gasteiger partial charge >= 0.3 is 0 Å². The van der Waals surface area contributed by atoms with E-state index in [-0.39, 0.29) is 12.1 Å². The summed E-state index contributed by atoms with van der Waals surface area (Å²) >= 11 is 0. The van der Waals surface area contributed by atoms with E-state index in [4.69, 9.17) is 0 Å². The minimum Gasteiger partial charge on any atom is -0.387 e. The monoisotopic (exact) mass is 315 g/mol. The van der Waals surface area contributed by atoms with Crippen LogP contribution in [0.1, 0.15) is 28.8 Å². The van der Waals surface area contributed by atoms with Gasteiger partial charge in [-0.15, -0.1) is 0 Å². The van der Waals surface area contributed by atoms with Gasteiger partial charge in [-0.05, 0) is 16.7 Å². The molecule has 1 aliphatic rings. The minimum atomic E-state index is -0.472. The predicted molar refractivity (Wildman–Crippen MR) is 96.4 cm³/mol. The first-order chi connectivity index (χ1) is 11.8. The summed E-state index contributed by atoms with van der Waals surface area (Å²) in [4.78, 5) is 2.38. The van der Waals surface area contributed by atoms with Crippen LogP contribution in [-0.2, 0) is 6.54 Å². The maximum Gasteiger partial charge on any atom is 0.0964 e. The van der Waals surface area contributed by atoms with Crippen molar-refractivity contribution in [1.82, 2.24) is 4.90 Å². The maximum atomic E-state index is 10.9. The van der Waals surface area contributed by atoms with Crippen molar-refractivity contribution in [3.05, 3.63) is 108 Å². The minimum absolute atomic E-state index is 0.120. The third-order valence-corrected chi connectivity index (χ3v) is 4.79. The number of hydrogen-bond donors (Lipinski definition) is 1. The number of aliphatic hydroxyl groups is 1. The Labute approximate surface area is 143 Å². The second-order valence-electron chi connectivity index (χ2n) is 6.36. The van der Waals surface area contributed by atoms with Crippen molar-refractivity contribution in [2.45, 2.75) is 24.7 Å². The van der Waals surface area contributed by atoms with Crippen LogP contribution < -0.4 is 0 Å². The van der Waals surface area contributed by atoms with E-state index in [1.165, 1.54) is 11.1 Å². The van der Waals surface area contributed by atoms with E-state index in [0.717, 1.165) is 12.1 Å². The lowest BCUT2D eigenvalue weighted by molar-refractivity contribution is 0.156. The van der Waals surface area contributed by atoms with Gasteiger partial charge in [0.1, 0.15) is 0 Å². The van der Waals surface area contributed by atoms with Crippen molar-refractivity contribution in [1.29, 1.82) is 0 Å². The third-order valence-electron chi connectivity index (χ3n) is 4.79. The van der Waals surface area contributed by atoms with Crippen LogP contribution in [0, 0.1) is 0 Å². The van der Waals surface area contributed by atoms with Gasteiger partial charge in [-0.2, -0.15) is 0 Å². The Morgan fingerprint density at radius 3 is 1.92 bits per heavy atom. The van der Waals surface area contributed by atoms with Crippen LogP contribution >= 0.6 is 0 Å². The molecule has 0 spiro atoms. The first kappa shape index (κ1) is 15.1. The highest BCUT2D eigenvalue weighted by atomic mass is 16.3. The smallest absolute Gasteiger partial charge is 0.0964 e. The number of rotatable bonds is 5. The van der Waals surface area contributed by atoms with Crippen molar-refractivity contribution in [2.75, 3.05) is 0 Å². The molecule has 2 heteroatoms. The molecule has 2 nitrogen and oxygen atoms in total. The second-order valence-corrected chi connectivity index (χ2v) is 6.36. The van der Waals surface area contributed by atoms with Crippen molar-refractivity contribution >= 4 is 0 Å². The number of nitrogens with zero attached hydrogens (tertiary/aromatic N) is 1. The SMILES string of the molecule is O[C@H](c1ccccc1)[C@@H]1[C@@H](c2ccccc2)N1Cc1ccccc1. The molecule has 4 atom stereocenters. The normalized spacial score (nSPS) is 23.6. The van der Waals surface area contributed by atoms with Gasteiger partial charge in [-0.1, -0.05) is 91.0 Å². The quantitative estimate of drug-likeness (QED) is 0.708. The van der Waals surface area contributed by atoms with Gasteiger partial charge in [0.05, 0.1) is 18.2 Å². The largest absolute Gasteiger partial charge is 0.387 e. The van der Waals surface area contributed by atoms with E-state index in [2.05, 4.69) is 53.4 Å². The van der Waals surface area contributed by atoms with Gasteiger partial charge in [0, 0.05) is 6.54 Å². The molecule has 1 unspecified atom stereocenters. The molecule has 1 saturated heterocycles. The van der Waals surface area contributed by atoms with E-state index in [1.54, 1.807) is 0 Å². The third kappa shape index (κ3) is 2.99. The fourth-order valence-corrected chi connectivity index (χ4v) is 3.53. The van der Waals surface area contributed by atoms with Crippen molar-refractivity contribution in [2.24, 2.45) is 0 Å². The van der Waals surface area contributed by atoms with Crippen LogP contribution in [0.3, 0.4) is 0 Å². The summed E-state index contributed by atoms with van der Waals surface area (Å²) in [5, 5.41) is 10.9. The zero-order chi connectivity index (χ0) is 16.4. The topological polar surface area (TPSA) is 23.2 Å². The molecule has 1 fully saturated rings. The molecule has 3 aromatic rings. The fraction of sp³-hybridized carbons (Fsp3) is 0.182. The maximum absolute atomic E-state index is 10.9. The van der Waals surface area contributed by atoms with Gasteiger partial charge in [0.2, 0.25) is 0 Å². The fourth-order valence-electron chi connectivity index (χ4n) is 3.53. The van der Waals surface area contributed by atoms with E-state index in [1.807, 2.05) is 42.5 Å². The van der Waals surface area contributed by atoms with E-state index < -0.39 is 6.10 Å². The molecule has 4 rings (SSSR count). The molecule has 0 aromatic heterocycles. The molecule has 0 saturated carbocycles. The van der Waals surface area contributed by atoms with Gasteiger partial charge < -0.3 is 5.11 Å². The summed E-state index contributed by atoms with van der Waals surface area (Å²) in [5.41, 5.74) is 3.54. The summed E-state index contributed by atoms with van der Waals surface area (Å²) in [5.74, 6) is 0. The van der Waals surface area contributed by atoms with E-state index in [9.17, 15) is 5.11 Å². The molecule has 1 N–H and O–H groups in total. The molecule has 0 bridgehead atoms. The molecule has 1 aliphatic heterocycles. The van der Waals surface area contributed by atoms with E-state index in [0.29, 0.717) is 0 Å². The second kappa shape index (κ2) is 6.60. The zero-order valence-electron chi connectivity index (χ0n) is 13.5. The molecular formula is C22H21NO. The molecule has 1 heterocycles. The summed E-state index contributed by atoms with van der Waals surface area (Å²) < 4.78 is 0. The lowest BCUT2D eigenvalue weighted by Gasteiger charge is -2.11. The summed E-state index contributed by atoms with van der Waals surface area (Å²) in [6, 6.07) is 31.3. The predicted octanol–water partition coefficient (Wildman–Crippen LogP) is 4.35. The van der Waals surface area contributed by atoms with Gasteiger partial charge in [-0.3, -0.25) is 4.90 Å². The standard InChI is InChI=1S/C22H21NO/c24-22(19-14-8-3-9-15-19)21-20(18-12-6-2-7-13-18)23(21)16-17-10-4-1-5-11-17/h1-15,20-22,24H,16H2/t20-,21+,22-,23?/m1/s1. The molecule has 120 valence electrons. The molecule has 24 heavy (non-hydrogen) atoms. The van der Waals surface area contributed by atoms with Crippen molar-refractivity contribution in [3.63, 3.8) is 0 Å². The average Bonchev–Trinajstić information content (AvgIpc) is 3.37. The molecule has 3 aromatic carbocycles. The molecular weight excluding hydrogens is 294 g/mol. The highest BCUT2D eigenvalue weighted by molar-refractivity contribution is 5.32. The lowest BCUT2D eigenvalue weighted by Crippen LogP contribution is -2.11. The number of aliphatic hydroxyl groups excluding tert-OH is 1. The summed E-state index contributed by atoms with van der Waals surface area (Å²) in [7, 11) is 0. The first-order valence-corrected chi connectivity index (χ1v) is 8.42. The molecule has 0 radical (unpaired) electrons. The van der Waals surface area contributed by atoms with Crippen LogP contribution in [0.15, 0.2) is 91.0 Å². The highest BCUT2D eigenvalue weighted by Crippen LogP contribution is 2.50. The molecule has 0 amide bonds. The summed E-state index contributed by atoms with van der Waals surface area (Å²) in [6.45, 7) is 0.856. The Bertz CT molecular complexity index is 773. The van der Waals surface area contributed by atoms with E-state index >= 15 is 0 Å². The Hall–Kier alpha value is -2.42. The van der Waals surface area contributed by atoms with Crippen molar-refractivity contribution in [3.8, 4) is 0 Å². The zero-order valence-corrected chi connectivity index (χ0v) is 13.5. The van der Waals surface area contributed by atoms with Crippen LogP contribution in [0.2, 0.25) is 0 Å². The molecule has 0 aliphatic carbocycles. The summed E-state index contributed by atoms with van der Waals surface area (Å²) in [6.07, 6.45) is -0.472. The Morgan fingerprint density at radius 2 is 1.29 bits per heavy atom. The van der Waals surface area contributed by atoms with Crippen LogP contribution in [-0.4, -0.2) is 16.0 Å². The van der Waals surface area contributed by atoms with Crippen LogP contribution in [0.25, 0.3) is 0 Å². The number of hydrogen-bond acceptors (Lipinski definition) is 2. The highest BCUT2D eigenvalue weighted by Gasteiger charge is 2.52.